The molecule has 1 aromatic rings. The summed E-state index contributed by atoms with van der Waals surface area (Å²) in [5.74, 6) is 1.66. The fraction of sp³-hybridized carbons (Fsp3) is 0.600. The van der Waals surface area contributed by atoms with E-state index in [4.69, 9.17) is 10.5 Å². The molecule has 2 rings (SSSR count). The summed E-state index contributed by atoms with van der Waals surface area (Å²) >= 11 is 0. The molecule has 0 saturated carbocycles. The SMILES string of the molecule is COc1ccc(C)cc1C(N)CC1CCNCC1. The molecule has 0 bridgehead atoms. The van der Waals surface area contributed by atoms with Gasteiger partial charge in [0.25, 0.3) is 0 Å². The van der Waals surface area contributed by atoms with Crippen molar-refractivity contribution in [2.45, 2.75) is 32.2 Å². The second-order valence-electron chi connectivity index (χ2n) is 5.28. The molecule has 1 aliphatic heterocycles. The van der Waals surface area contributed by atoms with Crippen molar-refractivity contribution in [2.24, 2.45) is 11.7 Å². The van der Waals surface area contributed by atoms with Crippen LogP contribution in [0.3, 0.4) is 0 Å². The van der Waals surface area contributed by atoms with Crippen molar-refractivity contribution in [1.29, 1.82) is 0 Å². The van der Waals surface area contributed by atoms with Crippen molar-refractivity contribution < 1.29 is 4.74 Å². The van der Waals surface area contributed by atoms with Crippen molar-refractivity contribution in [1.82, 2.24) is 5.32 Å². The molecule has 1 saturated heterocycles. The Morgan fingerprint density at radius 1 is 1.39 bits per heavy atom. The molecule has 1 atom stereocenters. The Bertz CT molecular complexity index is 386. The van der Waals surface area contributed by atoms with Crippen LogP contribution >= 0.6 is 0 Å². The van der Waals surface area contributed by atoms with Crippen molar-refractivity contribution >= 4 is 0 Å². The first-order valence-electron chi connectivity index (χ1n) is 6.81. The molecule has 0 spiro atoms. The predicted octanol–water partition coefficient (Wildman–Crippen LogP) is 2.39. The largest absolute Gasteiger partial charge is 0.496 e. The van der Waals surface area contributed by atoms with Gasteiger partial charge < -0.3 is 15.8 Å². The topological polar surface area (TPSA) is 47.3 Å². The van der Waals surface area contributed by atoms with Crippen LogP contribution in [0.25, 0.3) is 0 Å². The van der Waals surface area contributed by atoms with E-state index in [0.717, 1.165) is 36.7 Å². The monoisotopic (exact) mass is 248 g/mol. The van der Waals surface area contributed by atoms with Crippen molar-refractivity contribution in [3.63, 3.8) is 0 Å². The van der Waals surface area contributed by atoms with Crippen LogP contribution in [0.5, 0.6) is 5.75 Å². The lowest BCUT2D eigenvalue weighted by Crippen LogP contribution is -2.29. The summed E-state index contributed by atoms with van der Waals surface area (Å²) in [6.07, 6.45) is 3.53. The van der Waals surface area contributed by atoms with E-state index in [1.165, 1.54) is 18.4 Å². The van der Waals surface area contributed by atoms with E-state index in [0.29, 0.717) is 0 Å². The van der Waals surface area contributed by atoms with Gasteiger partial charge in [0.15, 0.2) is 0 Å². The zero-order valence-corrected chi connectivity index (χ0v) is 11.4. The fourth-order valence-corrected chi connectivity index (χ4v) is 2.75. The third kappa shape index (κ3) is 3.24. The van der Waals surface area contributed by atoms with Gasteiger partial charge in [-0.3, -0.25) is 0 Å². The zero-order valence-electron chi connectivity index (χ0n) is 11.4. The van der Waals surface area contributed by atoms with E-state index in [2.05, 4.69) is 24.4 Å². The molecular weight excluding hydrogens is 224 g/mol. The van der Waals surface area contributed by atoms with Gasteiger partial charge in [-0.1, -0.05) is 17.7 Å². The van der Waals surface area contributed by atoms with Crippen LogP contribution in [0.1, 0.15) is 36.4 Å². The number of benzene rings is 1. The predicted molar refractivity (Wildman–Crippen MR) is 74.9 cm³/mol. The molecule has 1 unspecified atom stereocenters. The van der Waals surface area contributed by atoms with Crippen LogP contribution in [0.4, 0.5) is 0 Å². The van der Waals surface area contributed by atoms with Crippen molar-refractivity contribution in [3.8, 4) is 5.75 Å². The Kier molecular flexibility index (Phi) is 4.61. The smallest absolute Gasteiger partial charge is 0.123 e. The molecule has 0 aliphatic carbocycles. The van der Waals surface area contributed by atoms with Crippen LogP contribution < -0.4 is 15.8 Å². The Morgan fingerprint density at radius 3 is 2.78 bits per heavy atom. The van der Waals surface area contributed by atoms with Gasteiger partial charge in [-0.25, -0.2) is 0 Å². The number of rotatable bonds is 4. The van der Waals surface area contributed by atoms with E-state index in [1.54, 1.807) is 7.11 Å². The Balaban J connectivity index is 2.07. The maximum Gasteiger partial charge on any atom is 0.123 e. The van der Waals surface area contributed by atoms with Gasteiger partial charge in [0.2, 0.25) is 0 Å². The number of nitrogens with one attached hydrogen (secondary N) is 1. The first-order valence-corrected chi connectivity index (χ1v) is 6.81. The summed E-state index contributed by atoms with van der Waals surface area (Å²) in [5.41, 5.74) is 8.76. The highest BCUT2D eigenvalue weighted by molar-refractivity contribution is 5.39. The second-order valence-corrected chi connectivity index (χ2v) is 5.28. The van der Waals surface area contributed by atoms with Gasteiger partial charge >= 0.3 is 0 Å². The quantitative estimate of drug-likeness (QED) is 0.860. The minimum absolute atomic E-state index is 0.0861. The van der Waals surface area contributed by atoms with Crippen LogP contribution in [-0.2, 0) is 0 Å². The maximum absolute atomic E-state index is 6.37. The molecule has 1 fully saturated rings. The number of hydrogen-bond acceptors (Lipinski definition) is 3. The van der Waals surface area contributed by atoms with E-state index in [9.17, 15) is 0 Å². The highest BCUT2D eigenvalue weighted by Crippen LogP contribution is 2.31. The number of aryl methyl sites for hydroxylation is 1. The summed E-state index contributed by atoms with van der Waals surface area (Å²) in [7, 11) is 1.71. The van der Waals surface area contributed by atoms with Gasteiger partial charge in [0.1, 0.15) is 5.75 Å². The molecule has 3 N–H and O–H groups in total. The van der Waals surface area contributed by atoms with Crippen molar-refractivity contribution in [3.05, 3.63) is 29.3 Å². The van der Waals surface area contributed by atoms with E-state index >= 15 is 0 Å². The highest BCUT2D eigenvalue weighted by Gasteiger charge is 2.19. The average molecular weight is 248 g/mol. The minimum Gasteiger partial charge on any atom is -0.496 e. The minimum atomic E-state index is 0.0861. The van der Waals surface area contributed by atoms with Crippen LogP contribution in [-0.4, -0.2) is 20.2 Å². The lowest BCUT2D eigenvalue weighted by molar-refractivity contribution is 0.328. The average Bonchev–Trinajstić information content (AvgIpc) is 2.40. The molecule has 18 heavy (non-hydrogen) atoms. The highest BCUT2D eigenvalue weighted by atomic mass is 16.5. The molecular formula is C15H24N2O. The number of nitrogens with two attached hydrogens (primary N) is 1. The lowest BCUT2D eigenvalue weighted by Gasteiger charge is -2.26. The van der Waals surface area contributed by atoms with E-state index in [-0.39, 0.29) is 6.04 Å². The van der Waals surface area contributed by atoms with Gasteiger partial charge in [0.05, 0.1) is 7.11 Å². The molecule has 3 heteroatoms. The zero-order chi connectivity index (χ0) is 13.0. The molecule has 0 radical (unpaired) electrons. The summed E-state index contributed by atoms with van der Waals surface area (Å²) in [6, 6.07) is 6.33. The van der Waals surface area contributed by atoms with Gasteiger partial charge in [-0.15, -0.1) is 0 Å². The van der Waals surface area contributed by atoms with E-state index < -0.39 is 0 Å². The van der Waals surface area contributed by atoms with Gasteiger partial charge in [-0.05, 0) is 51.3 Å². The maximum atomic E-state index is 6.37. The molecule has 0 amide bonds. The Labute approximate surface area is 110 Å². The van der Waals surface area contributed by atoms with Crippen LogP contribution in [0.15, 0.2) is 18.2 Å². The molecule has 1 heterocycles. The molecule has 1 aromatic carbocycles. The Hall–Kier alpha value is -1.06. The number of piperidine rings is 1. The second kappa shape index (κ2) is 6.21. The van der Waals surface area contributed by atoms with Crippen molar-refractivity contribution in [2.75, 3.05) is 20.2 Å². The number of hydrogen-bond donors (Lipinski definition) is 2. The Morgan fingerprint density at radius 2 is 2.11 bits per heavy atom. The normalized spacial score (nSPS) is 18.6. The number of methoxy groups -OCH3 is 1. The molecule has 100 valence electrons. The third-order valence-corrected chi connectivity index (χ3v) is 3.83. The summed E-state index contributed by atoms with van der Waals surface area (Å²) in [6.45, 7) is 4.35. The third-order valence-electron chi connectivity index (χ3n) is 3.83. The van der Waals surface area contributed by atoms with Gasteiger partial charge in [0, 0.05) is 11.6 Å². The van der Waals surface area contributed by atoms with Crippen LogP contribution in [0.2, 0.25) is 0 Å². The summed E-state index contributed by atoms with van der Waals surface area (Å²) in [5, 5.41) is 3.39. The molecule has 3 nitrogen and oxygen atoms in total. The summed E-state index contributed by atoms with van der Waals surface area (Å²) in [4.78, 5) is 0. The summed E-state index contributed by atoms with van der Waals surface area (Å²) < 4.78 is 5.42. The van der Waals surface area contributed by atoms with E-state index in [1.807, 2.05) is 6.07 Å². The molecule has 1 aliphatic rings. The standard InChI is InChI=1S/C15H24N2O/c1-11-3-4-15(18-2)13(9-11)14(16)10-12-5-7-17-8-6-12/h3-4,9,12,14,17H,5-8,10,16H2,1-2H3. The van der Waals surface area contributed by atoms with Gasteiger partial charge in [-0.2, -0.15) is 0 Å². The first-order chi connectivity index (χ1) is 8.70. The fourth-order valence-electron chi connectivity index (χ4n) is 2.75. The lowest BCUT2D eigenvalue weighted by atomic mass is 9.88. The first kappa shape index (κ1) is 13.4. The number of ether oxygens (including phenoxy) is 1. The van der Waals surface area contributed by atoms with Crippen LogP contribution in [0, 0.1) is 12.8 Å². The molecule has 0 aromatic heterocycles.